The maximum atomic E-state index is 11.4. The smallest absolute Gasteiger partial charge is 0.306 e. The molecule has 1 atom stereocenters. The highest BCUT2D eigenvalue weighted by molar-refractivity contribution is 5.89. The van der Waals surface area contributed by atoms with Crippen molar-refractivity contribution in [2.75, 3.05) is 5.73 Å². The van der Waals surface area contributed by atoms with Crippen molar-refractivity contribution in [3.05, 3.63) is 60.2 Å². The molecule has 1 aliphatic rings. The molecule has 4 heteroatoms. The molecule has 3 aromatic carbocycles. The molecule has 3 aromatic rings. The van der Waals surface area contributed by atoms with Crippen LogP contribution in [0, 0.1) is 5.92 Å². The molecule has 0 amide bonds. The van der Waals surface area contributed by atoms with Crippen LogP contribution in [0.4, 0.5) is 5.69 Å². The summed E-state index contributed by atoms with van der Waals surface area (Å²) in [5, 5.41) is 11.7. The minimum absolute atomic E-state index is 0.184. The molecular weight excluding hydrogens is 374 g/mol. The summed E-state index contributed by atoms with van der Waals surface area (Å²) in [7, 11) is 0. The first-order chi connectivity index (χ1) is 14.5. The molecule has 156 valence electrons. The number of ether oxygens (including phenoxy) is 1. The quantitative estimate of drug-likeness (QED) is 0.490. The summed E-state index contributed by atoms with van der Waals surface area (Å²) < 4.78 is 6.45. The number of fused-ring (bicyclic) bond motifs is 1. The molecule has 1 saturated carbocycles. The van der Waals surface area contributed by atoms with Crippen molar-refractivity contribution < 1.29 is 14.6 Å². The molecular formula is C26H29NO3. The van der Waals surface area contributed by atoms with Gasteiger partial charge in [-0.3, -0.25) is 4.79 Å². The van der Waals surface area contributed by atoms with E-state index in [1.165, 1.54) is 24.6 Å². The zero-order chi connectivity index (χ0) is 21.1. The molecule has 4 rings (SSSR count). The van der Waals surface area contributed by atoms with E-state index in [2.05, 4.69) is 36.4 Å². The van der Waals surface area contributed by atoms with Gasteiger partial charge in [0, 0.05) is 5.56 Å². The molecule has 0 bridgehead atoms. The highest BCUT2D eigenvalue weighted by Crippen LogP contribution is 2.40. The van der Waals surface area contributed by atoms with Crippen LogP contribution in [0.2, 0.25) is 0 Å². The summed E-state index contributed by atoms with van der Waals surface area (Å²) in [6.07, 6.45) is 6.35. The predicted molar refractivity (Wildman–Crippen MR) is 122 cm³/mol. The topological polar surface area (TPSA) is 72.5 Å². The van der Waals surface area contributed by atoms with E-state index in [-0.39, 0.29) is 6.10 Å². The fourth-order valence-corrected chi connectivity index (χ4v) is 4.32. The van der Waals surface area contributed by atoms with Gasteiger partial charge in [-0.05, 0) is 72.2 Å². The highest BCUT2D eigenvalue weighted by Gasteiger charge is 2.21. The Morgan fingerprint density at radius 1 is 1.07 bits per heavy atom. The van der Waals surface area contributed by atoms with E-state index in [0.29, 0.717) is 12.1 Å². The van der Waals surface area contributed by atoms with E-state index in [1.54, 1.807) is 6.92 Å². The van der Waals surface area contributed by atoms with Crippen molar-refractivity contribution in [3.63, 3.8) is 0 Å². The van der Waals surface area contributed by atoms with Crippen LogP contribution in [-0.4, -0.2) is 17.2 Å². The number of hydrogen-bond acceptors (Lipinski definition) is 3. The van der Waals surface area contributed by atoms with Crippen molar-refractivity contribution in [2.24, 2.45) is 5.92 Å². The summed E-state index contributed by atoms with van der Waals surface area (Å²) in [5.74, 6) is -0.550. The third-order valence-corrected chi connectivity index (χ3v) is 6.04. The van der Waals surface area contributed by atoms with Crippen molar-refractivity contribution in [1.29, 1.82) is 0 Å². The lowest BCUT2D eigenvalue weighted by Crippen LogP contribution is -2.21. The summed E-state index contributed by atoms with van der Waals surface area (Å²) in [6, 6.07) is 18.5. The monoisotopic (exact) mass is 403 g/mol. The van der Waals surface area contributed by atoms with E-state index in [1.807, 2.05) is 18.2 Å². The molecule has 1 aliphatic carbocycles. The van der Waals surface area contributed by atoms with Crippen molar-refractivity contribution >= 4 is 22.4 Å². The van der Waals surface area contributed by atoms with Crippen LogP contribution in [0.15, 0.2) is 54.6 Å². The average molecular weight is 404 g/mol. The zero-order valence-electron chi connectivity index (χ0n) is 17.4. The Bertz CT molecular complexity index is 1050. The Balaban J connectivity index is 1.78. The second-order valence-corrected chi connectivity index (χ2v) is 8.44. The molecule has 4 nitrogen and oxygen atoms in total. The first-order valence-electron chi connectivity index (χ1n) is 10.8. The fraction of sp³-hybridized carbons (Fsp3) is 0.346. The van der Waals surface area contributed by atoms with Crippen LogP contribution in [0.1, 0.15) is 44.6 Å². The number of carboxylic acids is 1. The van der Waals surface area contributed by atoms with Gasteiger partial charge in [0.2, 0.25) is 0 Å². The fourth-order valence-electron chi connectivity index (χ4n) is 4.32. The summed E-state index contributed by atoms with van der Waals surface area (Å²) >= 11 is 0. The van der Waals surface area contributed by atoms with Gasteiger partial charge in [0.05, 0.1) is 17.7 Å². The lowest BCUT2D eigenvalue weighted by molar-refractivity contribution is -0.141. The molecule has 3 N–H and O–H groups in total. The Morgan fingerprint density at radius 2 is 1.80 bits per heavy atom. The van der Waals surface area contributed by atoms with E-state index >= 15 is 0 Å². The number of carbonyl (C=O) groups is 1. The number of nitrogens with two attached hydrogens (primary N) is 1. The van der Waals surface area contributed by atoms with Gasteiger partial charge in [0.1, 0.15) is 5.75 Å². The molecule has 30 heavy (non-hydrogen) atoms. The number of nitrogen functional groups attached to an aromatic ring is 1. The van der Waals surface area contributed by atoms with Crippen molar-refractivity contribution in [3.8, 4) is 16.9 Å². The second-order valence-electron chi connectivity index (χ2n) is 8.44. The molecule has 0 heterocycles. The predicted octanol–water partition coefficient (Wildman–Crippen LogP) is 6.06. The van der Waals surface area contributed by atoms with Gasteiger partial charge in [-0.2, -0.15) is 0 Å². The normalized spacial score (nSPS) is 15.8. The Kier molecular flexibility index (Phi) is 5.93. The van der Waals surface area contributed by atoms with Crippen LogP contribution >= 0.6 is 0 Å². The van der Waals surface area contributed by atoms with Gasteiger partial charge in [-0.15, -0.1) is 0 Å². The van der Waals surface area contributed by atoms with E-state index in [0.717, 1.165) is 40.7 Å². The number of rotatable bonds is 6. The summed E-state index contributed by atoms with van der Waals surface area (Å²) in [4.78, 5) is 11.4. The zero-order valence-corrected chi connectivity index (χ0v) is 17.4. The van der Waals surface area contributed by atoms with Gasteiger partial charge in [0.25, 0.3) is 0 Å². The van der Waals surface area contributed by atoms with Gasteiger partial charge >= 0.3 is 5.97 Å². The third kappa shape index (κ3) is 4.43. The van der Waals surface area contributed by atoms with Gasteiger partial charge < -0.3 is 15.6 Å². The van der Waals surface area contributed by atoms with Crippen LogP contribution in [0.5, 0.6) is 5.75 Å². The molecule has 0 saturated heterocycles. The number of aliphatic carboxylic acids is 1. The molecule has 0 aromatic heterocycles. The average Bonchev–Trinajstić information content (AvgIpc) is 2.75. The van der Waals surface area contributed by atoms with Crippen LogP contribution < -0.4 is 10.5 Å². The Labute approximate surface area is 177 Å². The number of hydrogen-bond donors (Lipinski definition) is 2. The number of anilines is 1. The minimum atomic E-state index is -0.802. The second kappa shape index (κ2) is 8.78. The minimum Gasteiger partial charge on any atom is -0.488 e. The summed E-state index contributed by atoms with van der Waals surface area (Å²) in [5.41, 5.74) is 9.95. The van der Waals surface area contributed by atoms with E-state index < -0.39 is 11.9 Å². The first-order valence-corrected chi connectivity index (χ1v) is 10.8. The van der Waals surface area contributed by atoms with Gasteiger partial charge in [-0.1, -0.05) is 49.7 Å². The highest BCUT2D eigenvalue weighted by atomic mass is 16.5. The number of carboxylic acid groups (broad SMARTS) is 1. The molecule has 0 aliphatic heterocycles. The standard InChI is InChI=1S/C26H29NO3/c1-17(26(28)29)13-18-14-23(21-12-11-19-7-5-6-8-20(19)16-21)25(24(27)15-18)30-22-9-3-2-4-10-22/h5-8,11-12,14-17,22H,2-4,9-10,13,27H2,1H3,(H,28,29). The SMILES string of the molecule is CC(Cc1cc(N)c(OC2CCCCC2)c(-c2ccc3ccccc3c2)c1)C(=O)O. The molecule has 1 unspecified atom stereocenters. The first kappa shape index (κ1) is 20.3. The third-order valence-electron chi connectivity index (χ3n) is 6.04. The van der Waals surface area contributed by atoms with Crippen molar-refractivity contribution in [1.82, 2.24) is 0 Å². The molecule has 0 radical (unpaired) electrons. The Morgan fingerprint density at radius 3 is 2.53 bits per heavy atom. The molecule has 1 fully saturated rings. The van der Waals surface area contributed by atoms with E-state index in [4.69, 9.17) is 10.5 Å². The largest absolute Gasteiger partial charge is 0.488 e. The Hall–Kier alpha value is -3.01. The van der Waals surface area contributed by atoms with Crippen LogP contribution in [-0.2, 0) is 11.2 Å². The van der Waals surface area contributed by atoms with E-state index in [9.17, 15) is 9.90 Å². The lowest BCUT2D eigenvalue weighted by atomic mass is 9.93. The lowest BCUT2D eigenvalue weighted by Gasteiger charge is -2.26. The maximum Gasteiger partial charge on any atom is 0.306 e. The van der Waals surface area contributed by atoms with Gasteiger partial charge in [0.15, 0.2) is 0 Å². The van der Waals surface area contributed by atoms with Crippen LogP contribution in [0.3, 0.4) is 0 Å². The maximum absolute atomic E-state index is 11.4. The number of benzene rings is 3. The molecule has 0 spiro atoms. The van der Waals surface area contributed by atoms with Crippen LogP contribution in [0.25, 0.3) is 21.9 Å². The van der Waals surface area contributed by atoms with Gasteiger partial charge in [-0.25, -0.2) is 0 Å². The van der Waals surface area contributed by atoms with Crippen molar-refractivity contribution in [2.45, 2.75) is 51.6 Å². The summed E-state index contributed by atoms with van der Waals surface area (Å²) in [6.45, 7) is 1.72.